The number of nitrogens with zero attached hydrogens (tertiary/aromatic N) is 4. The molecule has 1 saturated heterocycles. The third-order valence-corrected chi connectivity index (χ3v) is 3.58. The summed E-state index contributed by atoms with van der Waals surface area (Å²) < 4.78 is 7.16. The first-order valence-electron chi connectivity index (χ1n) is 6.11. The van der Waals surface area contributed by atoms with E-state index in [0.717, 1.165) is 0 Å². The number of fused-ring (bicyclic) bond motifs is 1. The fraction of sp³-hybridized carbons (Fsp3) is 0.417. The van der Waals surface area contributed by atoms with Gasteiger partial charge >= 0.3 is 0 Å². The lowest BCUT2D eigenvalue weighted by atomic mass is 10.0. The van der Waals surface area contributed by atoms with Crippen LogP contribution in [-0.2, 0) is 4.74 Å². The van der Waals surface area contributed by atoms with Crippen LogP contribution in [0.1, 0.15) is 24.6 Å². The second-order valence-electron chi connectivity index (χ2n) is 4.72. The highest BCUT2D eigenvalue weighted by molar-refractivity contribution is 5.65. The molecule has 20 heavy (non-hydrogen) atoms. The first-order valence-corrected chi connectivity index (χ1v) is 6.11. The number of ether oxygens (including phenoxy) is 1. The first-order chi connectivity index (χ1) is 9.57. The Morgan fingerprint density at radius 2 is 2.35 bits per heavy atom. The van der Waals surface area contributed by atoms with Gasteiger partial charge in [-0.1, -0.05) is 0 Å². The molecule has 0 aromatic carbocycles. The van der Waals surface area contributed by atoms with Crippen molar-refractivity contribution in [1.82, 2.24) is 14.6 Å². The summed E-state index contributed by atoms with van der Waals surface area (Å²) in [7, 11) is 0. The molecule has 0 spiro atoms. The smallest absolute Gasteiger partial charge is 0.205 e. The van der Waals surface area contributed by atoms with Crippen LogP contribution in [0.25, 0.3) is 5.52 Å². The Bertz CT molecular complexity index is 692. The number of aliphatic hydroxyl groups is 2. The van der Waals surface area contributed by atoms with Crippen molar-refractivity contribution >= 4 is 11.3 Å². The van der Waals surface area contributed by atoms with E-state index in [-0.39, 0.29) is 6.42 Å². The average molecular weight is 275 g/mol. The fourth-order valence-electron chi connectivity index (χ4n) is 2.47. The van der Waals surface area contributed by atoms with Crippen LogP contribution in [0.2, 0.25) is 0 Å². The second kappa shape index (κ2) is 4.42. The molecular weight excluding hydrogens is 262 g/mol. The number of aliphatic hydroxyl groups excluding tert-OH is 1. The predicted octanol–water partition coefficient (Wildman–Crippen LogP) is -0.264. The number of rotatable bonds is 2. The molecule has 104 valence electrons. The number of hydrogen-bond acceptors (Lipinski definition) is 7. The molecule has 1 aliphatic rings. The topological polar surface area (TPSA) is 130 Å². The van der Waals surface area contributed by atoms with Crippen molar-refractivity contribution in [2.45, 2.75) is 30.8 Å². The Kier molecular flexibility index (Phi) is 2.83. The molecule has 0 saturated carbocycles. The van der Waals surface area contributed by atoms with Crippen LogP contribution in [0.15, 0.2) is 18.5 Å². The van der Waals surface area contributed by atoms with Gasteiger partial charge in [-0.2, -0.15) is 10.4 Å². The van der Waals surface area contributed by atoms with Gasteiger partial charge in [0.15, 0.2) is 12.1 Å². The zero-order chi connectivity index (χ0) is 14.3. The van der Waals surface area contributed by atoms with Crippen molar-refractivity contribution in [2.24, 2.45) is 0 Å². The monoisotopic (exact) mass is 275 g/mol. The summed E-state index contributed by atoms with van der Waals surface area (Å²) in [4.78, 5) is 3.89. The summed E-state index contributed by atoms with van der Waals surface area (Å²) >= 11 is 0. The minimum Gasteiger partial charge on any atom is -0.382 e. The van der Waals surface area contributed by atoms with Crippen molar-refractivity contribution < 1.29 is 14.9 Å². The lowest BCUT2D eigenvalue weighted by molar-refractivity contribution is -0.176. The molecule has 2 unspecified atom stereocenters. The number of aromatic nitrogens is 3. The number of nitrogen functional groups attached to an aromatic ring is 1. The Hall–Kier alpha value is -2.21. The summed E-state index contributed by atoms with van der Waals surface area (Å²) in [6, 6.07) is 5.38. The highest BCUT2D eigenvalue weighted by Gasteiger charge is 2.47. The van der Waals surface area contributed by atoms with Gasteiger partial charge in [0.05, 0.1) is 5.69 Å². The maximum atomic E-state index is 9.33. The molecular formula is C12H13N5O3. The van der Waals surface area contributed by atoms with E-state index in [1.165, 1.54) is 6.33 Å². The average Bonchev–Trinajstić information content (AvgIpc) is 3.03. The van der Waals surface area contributed by atoms with Crippen LogP contribution in [0.3, 0.4) is 0 Å². The predicted molar refractivity (Wildman–Crippen MR) is 67.0 cm³/mol. The van der Waals surface area contributed by atoms with Crippen LogP contribution >= 0.6 is 0 Å². The summed E-state index contributed by atoms with van der Waals surface area (Å²) in [5.41, 5.74) is 5.51. The third kappa shape index (κ3) is 1.72. The maximum absolute atomic E-state index is 9.33. The fourth-order valence-corrected chi connectivity index (χ4v) is 2.47. The van der Waals surface area contributed by atoms with Gasteiger partial charge in [-0.15, -0.1) is 0 Å². The largest absolute Gasteiger partial charge is 0.382 e. The molecule has 0 amide bonds. The first kappa shape index (κ1) is 12.8. The van der Waals surface area contributed by atoms with Crippen molar-refractivity contribution in [2.75, 3.05) is 5.73 Å². The summed E-state index contributed by atoms with van der Waals surface area (Å²) in [6.07, 6.45) is -0.239. The van der Waals surface area contributed by atoms with Crippen molar-refractivity contribution in [3.05, 3.63) is 24.2 Å². The van der Waals surface area contributed by atoms with Gasteiger partial charge in [0.2, 0.25) is 5.60 Å². The maximum Gasteiger partial charge on any atom is 0.205 e. The van der Waals surface area contributed by atoms with E-state index in [1.54, 1.807) is 16.6 Å². The Labute approximate surface area is 114 Å². The molecule has 2 aromatic rings. The van der Waals surface area contributed by atoms with E-state index >= 15 is 0 Å². The number of hydrogen-bond donors (Lipinski definition) is 3. The molecule has 3 heterocycles. The second-order valence-corrected chi connectivity index (χ2v) is 4.72. The van der Waals surface area contributed by atoms with Crippen molar-refractivity contribution in [3.8, 4) is 6.07 Å². The zero-order valence-electron chi connectivity index (χ0n) is 10.5. The summed E-state index contributed by atoms with van der Waals surface area (Å²) in [5.74, 6) is 0.345. The van der Waals surface area contributed by atoms with E-state index in [1.807, 2.05) is 6.07 Å². The van der Waals surface area contributed by atoms with Crippen LogP contribution in [-0.4, -0.2) is 36.7 Å². The molecule has 4 N–H and O–H groups in total. The Balaban J connectivity index is 1.98. The van der Waals surface area contributed by atoms with Gasteiger partial charge in [-0.3, -0.25) is 0 Å². The van der Waals surface area contributed by atoms with Gasteiger partial charge in [0.1, 0.15) is 24.0 Å². The number of nitrogens with two attached hydrogens (primary N) is 1. The van der Waals surface area contributed by atoms with E-state index in [0.29, 0.717) is 23.4 Å². The van der Waals surface area contributed by atoms with Crippen LogP contribution in [0, 0.1) is 11.3 Å². The molecule has 1 aliphatic heterocycles. The van der Waals surface area contributed by atoms with Gasteiger partial charge in [-0.05, 0) is 25.0 Å². The molecule has 0 bridgehead atoms. The van der Waals surface area contributed by atoms with Gasteiger partial charge in [0, 0.05) is 0 Å². The lowest BCUT2D eigenvalue weighted by Crippen LogP contribution is -2.40. The lowest BCUT2D eigenvalue weighted by Gasteiger charge is -2.23. The van der Waals surface area contributed by atoms with Gasteiger partial charge < -0.3 is 20.7 Å². The number of anilines is 1. The van der Waals surface area contributed by atoms with E-state index < -0.39 is 18.0 Å². The highest BCUT2D eigenvalue weighted by Crippen LogP contribution is 2.41. The highest BCUT2D eigenvalue weighted by atomic mass is 16.6. The van der Waals surface area contributed by atoms with E-state index in [4.69, 9.17) is 15.7 Å². The Morgan fingerprint density at radius 1 is 1.55 bits per heavy atom. The molecule has 0 aliphatic carbocycles. The molecule has 8 heteroatoms. The van der Waals surface area contributed by atoms with Crippen LogP contribution < -0.4 is 5.73 Å². The minimum absolute atomic E-state index is 0.236. The van der Waals surface area contributed by atoms with Crippen molar-refractivity contribution in [3.63, 3.8) is 0 Å². The SMILES string of the molecule is N#CC1(C(O)O)CCC(c2ccc3c(N)ncnn23)O1. The summed E-state index contributed by atoms with van der Waals surface area (Å²) in [6.45, 7) is 0. The molecule has 2 atom stereocenters. The molecule has 2 aromatic heterocycles. The molecule has 8 nitrogen and oxygen atoms in total. The quantitative estimate of drug-likeness (QED) is 0.643. The van der Waals surface area contributed by atoms with Gasteiger partial charge in [0.25, 0.3) is 0 Å². The molecule has 1 fully saturated rings. The third-order valence-electron chi connectivity index (χ3n) is 3.58. The standard InChI is InChI=1S/C12H13N5O3/c13-5-12(11(18)19)4-3-9(20-12)7-1-2-8-10(14)15-6-16-17(7)8/h1-2,6,9,11,18-19H,3-4H2,(H2,14,15,16). The molecule has 0 radical (unpaired) electrons. The normalized spacial score (nSPS) is 26.2. The van der Waals surface area contributed by atoms with Gasteiger partial charge in [-0.25, -0.2) is 9.50 Å². The zero-order valence-corrected chi connectivity index (χ0v) is 10.5. The number of nitriles is 1. The summed E-state index contributed by atoms with van der Waals surface area (Å²) in [5, 5.41) is 31.9. The van der Waals surface area contributed by atoms with Crippen LogP contribution in [0.5, 0.6) is 0 Å². The van der Waals surface area contributed by atoms with Crippen LogP contribution in [0.4, 0.5) is 5.82 Å². The Morgan fingerprint density at radius 3 is 3.00 bits per heavy atom. The minimum atomic E-state index is -1.84. The van der Waals surface area contributed by atoms with E-state index in [2.05, 4.69) is 10.1 Å². The van der Waals surface area contributed by atoms with E-state index in [9.17, 15) is 10.2 Å². The van der Waals surface area contributed by atoms with Crippen molar-refractivity contribution in [1.29, 1.82) is 5.26 Å². The molecule has 3 rings (SSSR count).